The van der Waals surface area contributed by atoms with Crippen LogP contribution in [0, 0.1) is 6.92 Å². The van der Waals surface area contributed by atoms with Crippen LogP contribution in [0.15, 0.2) is 23.0 Å². The highest BCUT2D eigenvalue weighted by Crippen LogP contribution is 2.27. The lowest BCUT2D eigenvalue weighted by Crippen LogP contribution is -2.35. The van der Waals surface area contributed by atoms with Gasteiger partial charge in [-0.2, -0.15) is 5.10 Å². The second-order valence-electron chi connectivity index (χ2n) is 5.46. The molecule has 8 heteroatoms. The van der Waals surface area contributed by atoms with Crippen molar-refractivity contribution in [1.29, 1.82) is 0 Å². The van der Waals surface area contributed by atoms with E-state index in [0.29, 0.717) is 5.69 Å². The van der Waals surface area contributed by atoms with E-state index in [2.05, 4.69) is 25.8 Å². The Morgan fingerprint density at radius 3 is 2.61 bits per heavy atom. The van der Waals surface area contributed by atoms with E-state index in [4.69, 9.17) is 0 Å². The van der Waals surface area contributed by atoms with E-state index in [1.54, 1.807) is 0 Å². The molecular weight excluding hydrogens is 298 g/mol. The summed E-state index contributed by atoms with van der Waals surface area (Å²) in [6, 6.07) is 5.70. The molecule has 1 aromatic heterocycles. The lowest BCUT2D eigenvalue weighted by Gasteiger charge is -2.16. The largest absolute Gasteiger partial charge is 0.341 e. The van der Waals surface area contributed by atoms with Gasteiger partial charge in [-0.05, 0) is 24.0 Å². The van der Waals surface area contributed by atoms with Gasteiger partial charge in [-0.15, -0.1) is 0 Å². The average molecular weight is 317 g/mol. The number of anilines is 1. The van der Waals surface area contributed by atoms with Crippen LogP contribution in [0.5, 0.6) is 0 Å². The SMILES string of the molecule is Cc1cccc(C(C)C)c1NC(=O)C(=O)NCc1n[nH]c(=O)[nH]1. The van der Waals surface area contributed by atoms with Gasteiger partial charge >= 0.3 is 17.5 Å². The first kappa shape index (κ1) is 16.5. The molecule has 0 saturated carbocycles. The molecule has 2 amide bonds. The summed E-state index contributed by atoms with van der Waals surface area (Å²) in [5.74, 6) is -1.11. The van der Waals surface area contributed by atoms with Crippen molar-refractivity contribution in [2.75, 3.05) is 5.32 Å². The number of H-pyrrole nitrogens is 2. The van der Waals surface area contributed by atoms with Crippen LogP contribution in [-0.4, -0.2) is 27.0 Å². The minimum absolute atomic E-state index is 0.0458. The zero-order valence-corrected chi connectivity index (χ0v) is 13.2. The number of carbonyl (C=O) groups is 2. The van der Waals surface area contributed by atoms with Crippen LogP contribution in [0.25, 0.3) is 0 Å². The number of para-hydroxylation sites is 1. The zero-order chi connectivity index (χ0) is 17.0. The molecule has 0 saturated heterocycles. The van der Waals surface area contributed by atoms with E-state index in [-0.39, 0.29) is 18.3 Å². The molecule has 23 heavy (non-hydrogen) atoms. The minimum atomic E-state index is -0.799. The number of carbonyl (C=O) groups excluding carboxylic acids is 2. The Morgan fingerprint density at radius 2 is 2.00 bits per heavy atom. The number of hydrogen-bond donors (Lipinski definition) is 4. The van der Waals surface area contributed by atoms with Crippen LogP contribution in [0.3, 0.4) is 0 Å². The number of rotatable bonds is 4. The number of benzene rings is 1. The Bertz CT molecular complexity index is 775. The van der Waals surface area contributed by atoms with Crippen molar-refractivity contribution in [3.63, 3.8) is 0 Å². The predicted molar refractivity (Wildman–Crippen MR) is 85.0 cm³/mol. The molecule has 0 aliphatic heterocycles. The van der Waals surface area contributed by atoms with Crippen molar-refractivity contribution in [2.24, 2.45) is 0 Å². The summed E-state index contributed by atoms with van der Waals surface area (Å²) in [6.45, 7) is 5.85. The number of nitrogens with zero attached hydrogens (tertiary/aromatic N) is 1. The summed E-state index contributed by atoms with van der Waals surface area (Å²) >= 11 is 0. The number of aromatic nitrogens is 3. The standard InChI is InChI=1S/C15H19N5O3/c1-8(2)10-6-4-5-9(3)12(10)18-14(22)13(21)16-7-11-17-15(23)20-19-11/h4-6,8H,7H2,1-3H3,(H,16,21)(H,18,22)(H2,17,19,20,23). The van der Waals surface area contributed by atoms with E-state index in [1.807, 2.05) is 39.0 Å². The third-order valence-corrected chi connectivity index (χ3v) is 3.34. The highest BCUT2D eigenvalue weighted by atomic mass is 16.2. The predicted octanol–water partition coefficient (Wildman–Crippen LogP) is 0.785. The number of aromatic amines is 2. The van der Waals surface area contributed by atoms with Crippen LogP contribution in [0.1, 0.15) is 36.7 Å². The van der Waals surface area contributed by atoms with Crippen molar-refractivity contribution in [3.05, 3.63) is 45.6 Å². The first-order chi connectivity index (χ1) is 10.9. The van der Waals surface area contributed by atoms with Gasteiger partial charge in [-0.25, -0.2) is 9.89 Å². The Hall–Kier alpha value is -2.90. The molecule has 2 aromatic rings. The van der Waals surface area contributed by atoms with Crippen LogP contribution in [0.2, 0.25) is 0 Å². The fourth-order valence-corrected chi connectivity index (χ4v) is 2.15. The molecular formula is C15H19N5O3. The third-order valence-electron chi connectivity index (χ3n) is 3.34. The van der Waals surface area contributed by atoms with E-state index in [1.165, 1.54) is 0 Å². The third kappa shape index (κ3) is 4.06. The van der Waals surface area contributed by atoms with E-state index >= 15 is 0 Å². The Morgan fingerprint density at radius 1 is 1.26 bits per heavy atom. The van der Waals surface area contributed by atoms with Crippen molar-refractivity contribution < 1.29 is 9.59 Å². The molecule has 4 N–H and O–H groups in total. The summed E-state index contributed by atoms with van der Waals surface area (Å²) in [5.41, 5.74) is 2.02. The van der Waals surface area contributed by atoms with Crippen molar-refractivity contribution in [3.8, 4) is 0 Å². The van der Waals surface area contributed by atoms with Gasteiger partial charge in [0.25, 0.3) is 0 Å². The molecule has 0 spiro atoms. The molecule has 1 heterocycles. The van der Waals surface area contributed by atoms with Gasteiger partial charge in [0.2, 0.25) is 0 Å². The minimum Gasteiger partial charge on any atom is -0.341 e. The highest BCUT2D eigenvalue weighted by Gasteiger charge is 2.17. The molecule has 0 aliphatic carbocycles. The summed E-state index contributed by atoms with van der Waals surface area (Å²) in [4.78, 5) is 37.2. The molecule has 0 atom stereocenters. The first-order valence-corrected chi connectivity index (χ1v) is 7.20. The molecule has 0 fully saturated rings. The van der Waals surface area contributed by atoms with Crippen molar-refractivity contribution >= 4 is 17.5 Å². The second kappa shape index (κ2) is 6.91. The molecule has 0 radical (unpaired) electrons. The smallest absolute Gasteiger partial charge is 0.340 e. The fourth-order valence-electron chi connectivity index (χ4n) is 2.15. The maximum Gasteiger partial charge on any atom is 0.340 e. The van der Waals surface area contributed by atoms with E-state index in [0.717, 1.165) is 11.1 Å². The molecule has 2 rings (SSSR count). The molecule has 1 aromatic carbocycles. The van der Waals surface area contributed by atoms with Gasteiger partial charge in [0, 0.05) is 5.69 Å². The Labute approximate surface area is 132 Å². The summed E-state index contributed by atoms with van der Waals surface area (Å²) in [7, 11) is 0. The van der Waals surface area contributed by atoms with Crippen LogP contribution in [0.4, 0.5) is 5.69 Å². The van der Waals surface area contributed by atoms with Crippen molar-refractivity contribution in [2.45, 2.75) is 33.2 Å². The van der Waals surface area contributed by atoms with Gasteiger partial charge in [-0.3, -0.25) is 14.6 Å². The monoisotopic (exact) mass is 317 g/mol. The number of hydrogen-bond acceptors (Lipinski definition) is 4. The number of aryl methyl sites for hydroxylation is 1. The average Bonchev–Trinajstić information content (AvgIpc) is 2.92. The summed E-state index contributed by atoms with van der Waals surface area (Å²) in [5, 5.41) is 10.9. The van der Waals surface area contributed by atoms with Gasteiger partial charge in [0.1, 0.15) is 5.82 Å². The Kier molecular flexibility index (Phi) is 4.95. The Balaban J connectivity index is 2.04. The molecule has 8 nitrogen and oxygen atoms in total. The normalized spacial score (nSPS) is 10.6. The van der Waals surface area contributed by atoms with Crippen LogP contribution < -0.4 is 16.3 Å². The van der Waals surface area contributed by atoms with Gasteiger partial charge in [-0.1, -0.05) is 32.0 Å². The topological polar surface area (TPSA) is 120 Å². The van der Waals surface area contributed by atoms with Crippen molar-refractivity contribution in [1.82, 2.24) is 20.5 Å². The maximum atomic E-state index is 12.0. The van der Waals surface area contributed by atoms with Gasteiger partial charge in [0.15, 0.2) is 0 Å². The van der Waals surface area contributed by atoms with Crippen LogP contribution in [-0.2, 0) is 16.1 Å². The number of nitrogens with one attached hydrogen (secondary N) is 4. The lowest BCUT2D eigenvalue weighted by molar-refractivity contribution is -0.136. The van der Waals surface area contributed by atoms with E-state index < -0.39 is 17.5 Å². The molecule has 122 valence electrons. The molecule has 0 bridgehead atoms. The highest BCUT2D eigenvalue weighted by molar-refractivity contribution is 6.39. The first-order valence-electron chi connectivity index (χ1n) is 7.20. The van der Waals surface area contributed by atoms with Gasteiger partial charge < -0.3 is 10.6 Å². The molecule has 0 aliphatic rings. The second-order valence-corrected chi connectivity index (χ2v) is 5.46. The lowest BCUT2D eigenvalue weighted by atomic mass is 9.98. The number of amides is 2. The van der Waals surface area contributed by atoms with Gasteiger partial charge in [0.05, 0.1) is 6.54 Å². The summed E-state index contributed by atoms with van der Waals surface area (Å²) in [6.07, 6.45) is 0. The fraction of sp³-hybridized carbons (Fsp3) is 0.333. The maximum absolute atomic E-state index is 12.0. The van der Waals surface area contributed by atoms with E-state index in [9.17, 15) is 14.4 Å². The molecule has 0 unspecified atom stereocenters. The summed E-state index contributed by atoms with van der Waals surface area (Å²) < 4.78 is 0. The van der Waals surface area contributed by atoms with Crippen LogP contribution >= 0.6 is 0 Å². The quantitative estimate of drug-likeness (QED) is 0.623. The zero-order valence-electron chi connectivity index (χ0n) is 13.2.